The van der Waals surface area contributed by atoms with Gasteiger partial charge in [-0.2, -0.15) is 0 Å². The second-order valence-electron chi connectivity index (χ2n) is 4.43. The van der Waals surface area contributed by atoms with E-state index in [1.54, 1.807) is 0 Å². The Labute approximate surface area is 114 Å². The van der Waals surface area contributed by atoms with Gasteiger partial charge in [0, 0.05) is 30.3 Å². The van der Waals surface area contributed by atoms with Crippen molar-refractivity contribution in [2.24, 2.45) is 0 Å². The minimum absolute atomic E-state index is 0.917. The molecular formula is C14H23BrN2. The van der Waals surface area contributed by atoms with Gasteiger partial charge < -0.3 is 10.2 Å². The Hall–Kier alpha value is -0.540. The molecule has 1 aromatic carbocycles. The van der Waals surface area contributed by atoms with Gasteiger partial charge in [-0.3, -0.25) is 0 Å². The first-order valence-electron chi connectivity index (χ1n) is 6.33. The van der Waals surface area contributed by atoms with Crippen LogP contribution in [-0.2, 0) is 6.54 Å². The van der Waals surface area contributed by atoms with Gasteiger partial charge in [0.15, 0.2) is 0 Å². The van der Waals surface area contributed by atoms with Crippen LogP contribution in [0, 0.1) is 0 Å². The third-order valence-corrected chi connectivity index (χ3v) is 3.42. The van der Waals surface area contributed by atoms with Crippen LogP contribution >= 0.6 is 15.9 Å². The predicted molar refractivity (Wildman–Crippen MR) is 79.7 cm³/mol. The molecule has 1 N–H and O–H groups in total. The molecule has 0 atom stereocenters. The van der Waals surface area contributed by atoms with Gasteiger partial charge >= 0.3 is 0 Å². The standard InChI is InChI=1S/C14H23BrN2/c1-4-5-6-9-17(3)14-10-13(15)8-7-12(14)11-16-2/h7-8,10,16H,4-6,9,11H2,1-3H3. The summed E-state index contributed by atoms with van der Waals surface area (Å²) in [7, 11) is 4.17. The molecule has 1 aromatic rings. The van der Waals surface area contributed by atoms with Gasteiger partial charge in [0.1, 0.15) is 0 Å². The molecule has 2 nitrogen and oxygen atoms in total. The first-order valence-corrected chi connectivity index (χ1v) is 7.12. The molecule has 0 fully saturated rings. The number of hydrogen-bond donors (Lipinski definition) is 1. The zero-order valence-electron chi connectivity index (χ0n) is 11.1. The van der Waals surface area contributed by atoms with E-state index < -0.39 is 0 Å². The molecule has 0 amide bonds. The molecule has 0 aliphatic carbocycles. The van der Waals surface area contributed by atoms with Crippen molar-refractivity contribution in [2.45, 2.75) is 32.7 Å². The van der Waals surface area contributed by atoms with Crippen molar-refractivity contribution >= 4 is 21.6 Å². The average Bonchev–Trinajstić information content (AvgIpc) is 2.32. The highest BCUT2D eigenvalue weighted by atomic mass is 79.9. The van der Waals surface area contributed by atoms with Crippen molar-refractivity contribution in [1.29, 1.82) is 0 Å². The monoisotopic (exact) mass is 298 g/mol. The van der Waals surface area contributed by atoms with Crippen LogP contribution in [0.3, 0.4) is 0 Å². The summed E-state index contributed by atoms with van der Waals surface area (Å²) < 4.78 is 1.15. The highest BCUT2D eigenvalue weighted by molar-refractivity contribution is 9.10. The van der Waals surface area contributed by atoms with Crippen LogP contribution in [0.25, 0.3) is 0 Å². The smallest absolute Gasteiger partial charge is 0.0420 e. The van der Waals surface area contributed by atoms with Crippen molar-refractivity contribution in [3.05, 3.63) is 28.2 Å². The van der Waals surface area contributed by atoms with Gasteiger partial charge in [0.2, 0.25) is 0 Å². The van der Waals surface area contributed by atoms with Crippen molar-refractivity contribution in [3.63, 3.8) is 0 Å². The second-order valence-corrected chi connectivity index (χ2v) is 5.35. The summed E-state index contributed by atoms with van der Waals surface area (Å²) in [6.45, 7) is 4.28. The van der Waals surface area contributed by atoms with Crippen molar-refractivity contribution < 1.29 is 0 Å². The van der Waals surface area contributed by atoms with Crippen LogP contribution in [0.2, 0.25) is 0 Å². The van der Waals surface area contributed by atoms with E-state index in [4.69, 9.17) is 0 Å². The molecule has 96 valence electrons. The molecule has 0 aliphatic rings. The Bertz CT molecular complexity index is 339. The fourth-order valence-electron chi connectivity index (χ4n) is 1.95. The lowest BCUT2D eigenvalue weighted by Crippen LogP contribution is -2.21. The molecule has 17 heavy (non-hydrogen) atoms. The number of benzene rings is 1. The molecule has 0 saturated carbocycles. The highest BCUT2D eigenvalue weighted by Crippen LogP contribution is 2.24. The fraction of sp³-hybridized carbons (Fsp3) is 0.571. The van der Waals surface area contributed by atoms with Gasteiger partial charge in [-0.1, -0.05) is 41.8 Å². The maximum Gasteiger partial charge on any atom is 0.0420 e. The number of hydrogen-bond acceptors (Lipinski definition) is 2. The highest BCUT2D eigenvalue weighted by Gasteiger charge is 2.07. The molecular weight excluding hydrogens is 276 g/mol. The molecule has 0 bridgehead atoms. The number of nitrogens with zero attached hydrogens (tertiary/aromatic N) is 1. The summed E-state index contributed by atoms with van der Waals surface area (Å²) in [5.41, 5.74) is 2.68. The van der Waals surface area contributed by atoms with E-state index in [1.807, 2.05) is 7.05 Å². The zero-order chi connectivity index (χ0) is 12.7. The Kier molecular flexibility index (Phi) is 6.60. The molecule has 0 saturated heterocycles. The van der Waals surface area contributed by atoms with Crippen LogP contribution in [0.4, 0.5) is 5.69 Å². The first-order chi connectivity index (χ1) is 8.19. The third-order valence-electron chi connectivity index (χ3n) is 2.92. The van der Waals surface area contributed by atoms with E-state index >= 15 is 0 Å². The van der Waals surface area contributed by atoms with Crippen molar-refractivity contribution in [1.82, 2.24) is 5.32 Å². The van der Waals surface area contributed by atoms with Gasteiger partial charge in [-0.05, 0) is 31.2 Å². The lowest BCUT2D eigenvalue weighted by atomic mass is 10.1. The largest absolute Gasteiger partial charge is 0.374 e. The quantitative estimate of drug-likeness (QED) is 0.771. The molecule has 0 heterocycles. The molecule has 0 aliphatic heterocycles. The summed E-state index contributed by atoms with van der Waals surface area (Å²) >= 11 is 3.55. The Morgan fingerprint density at radius 1 is 1.29 bits per heavy atom. The predicted octanol–water partition coefficient (Wildman–Crippen LogP) is 3.79. The Morgan fingerprint density at radius 3 is 2.71 bits per heavy atom. The number of rotatable bonds is 7. The fourth-order valence-corrected chi connectivity index (χ4v) is 2.30. The Morgan fingerprint density at radius 2 is 2.06 bits per heavy atom. The molecule has 0 radical (unpaired) electrons. The average molecular weight is 299 g/mol. The van der Waals surface area contributed by atoms with Crippen LogP contribution < -0.4 is 10.2 Å². The van der Waals surface area contributed by atoms with Gasteiger partial charge in [0.25, 0.3) is 0 Å². The maximum absolute atomic E-state index is 3.55. The molecule has 3 heteroatoms. The minimum Gasteiger partial charge on any atom is -0.374 e. The van der Waals surface area contributed by atoms with Gasteiger partial charge in [-0.15, -0.1) is 0 Å². The normalized spacial score (nSPS) is 10.6. The zero-order valence-corrected chi connectivity index (χ0v) is 12.7. The van der Waals surface area contributed by atoms with Gasteiger partial charge in [0.05, 0.1) is 0 Å². The first kappa shape index (κ1) is 14.5. The molecule has 0 spiro atoms. The summed E-state index contributed by atoms with van der Waals surface area (Å²) in [5, 5.41) is 3.22. The summed E-state index contributed by atoms with van der Waals surface area (Å²) in [6, 6.07) is 6.50. The van der Waals surface area contributed by atoms with E-state index in [1.165, 1.54) is 30.5 Å². The molecule has 1 rings (SSSR count). The van der Waals surface area contributed by atoms with Gasteiger partial charge in [-0.25, -0.2) is 0 Å². The van der Waals surface area contributed by atoms with E-state index in [0.717, 1.165) is 17.6 Å². The number of nitrogens with one attached hydrogen (secondary N) is 1. The van der Waals surface area contributed by atoms with Crippen LogP contribution in [-0.4, -0.2) is 20.6 Å². The SMILES string of the molecule is CCCCCN(C)c1cc(Br)ccc1CNC. The lowest BCUT2D eigenvalue weighted by Gasteiger charge is -2.23. The lowest BCUT2D eigenvalue weighted by molar-refractivity contribution is 0.701. The molecule has 0 aromatic heterocycles. The number of anilines is 1. The van der Waals surface area contributed by atoms with E-state index in [9.17, 15) is 0 Å². The van der Waals surface area contributed by atoms with Crippen LogP contribution in [0.15, 0.2) is 22.7 Å². The Balaban J connectivity index is 2.74. The number of halogens is 1. The maximum atomic E-state index is 3.55. The summed E-state index contributed by atoms with van der Waals surface area (Å²) in [5.74, 6) is 0. The topological polar surface area (TPSA) is 15.3 Å². The number of unbranched alkanes of at least 4 members (excludes halogenated alkanes) is 2. The summed E-state index contributed by atoms with van der Waals surface area (Å²) in [4.78, 5) is 2.35. The van der Waals surface area contributed by atoms with Crippen LogP contribution in [0.5, 0.6) is 0 Å². The second kappa shape index (κ2) is 7.72. The summed E-state index contributed by atoms with van der Waals surface area (Å²) in [6.07, 6.45) is 3.84. The van der Waals surface area contributed by atoms with E-state index in [2.05, 4.69) is 58.3 Å². The van der Waals surface area contributed by atoms with Crippen molar-refractivity contribution in [3.8, 4) is 0 Å². The van der Waals surface area contributed by atoms with E-state index in [-0.39, 0.29) is 0 Å². The van der Waals surface area contributed by atoms with E-state index in [0.29, 0.717) is 0 Å². The molecule has 0 unspecified atom stereocenters. The van der Waals surface area contributed by atoms with Crippen molar-refractivity contribution in [2.75, 3.05) is 25.5 Å². The minimum atomic E-state index is 0.917. The van der Waals surface area contributed by atoms with Crippen LogP contribution in [0.1, 0.15) is 31.7 Å². The third kappa shape index (κ3) is 4.68.